The zero-order valence-electron chi connectivity index (χ0n) is 13.4. The lowest BCUT2D eigenvalue weighted by molar-refractivity contribution is 0.297. The molecular weight excluding hydrogens is 294 g/mol. The van der Waals surface area contributed by atoms with Gasteiger partial charge in [-0.05, 0) is 68.7 Å². The highest BCUT2D eigenvalue weighted by Crippen LogP contribution is 2.18. The van der Waals surface area contributed by atoms with E-state index >= 15 is 0 Å². The Kier molecular flexibility index (Phi) is 6.81. The molecule has 0 saturated carbocycles. The molecule has 3 nitrogen and oxygen atoms in total. The summed E-state index contributed by atoms with van der Waals surface area (Å²) in [7, 11) is 0. The first-order chi connectivity index (χ1) is 10.7. The van der Waals surface area contributed by atoms with E-state index in [-0.39, 0.29) is 0 Å². The van der Waals surface area contributed by atoms with Gasteiger partial charge in [-0.2, -0.15) is 0 Å². The Morgan fingerprint density at radius 3 is 2.18 bits per heavy atom. The second-order valence-electron chi connectivity index (χ2n) is 5.41. The molecule has 0 amide bonds. The second-order valence-corrected chi connectivity index (χ2v) is 5.84. The fourth-order valence-corrected chi connectivity index (χ4v) is 2.56. The molecule has 0 saturated heterocycles. The number of nitrogens with zero attached hydrogens (tertiary/aromatic N) is 3. The number of benzene rings is 1. The average Bonchev–Trinajstić information content (AvgIpc) is 2.56. The van der Waals surface area contributed by atoms with E-state index < -0.39 is 0 Å². The number of unbranched alkanes of at least 4 members (excludes halogenated alkanes) is 1. The van der Waals surface area contributed by atoms with Crippen LogP contribution in [-0.2, 0) is 6.42 Å². The Bertz CT molecular complexity index is 548. The van der Waals surface area contributed by atoms with Crippen molar-refractivity contribution in [1.82, 2.24) is 14.9 Å². The first-order valence-corrected chi connectivity index (χ1v) is 8.40. The molecule has 4 heteroatoms. The van der Waals surface area contributed by atoms with E-state index in [2.05, 4.69) is 28.7 Å². The largest absolute Gasteiger partial charge is 0.304 e. The van der Waals surface area contributed by atoms with Crippen LogP contribution in [0.5, 0.6) is 0 Å². The first kappa shape index (κ1) is 16.9. The topological polar surface area (TPSA) is 29.0 Å². The molecule has 22 heavy (non-hydrogen) atoms. The number of rotatable bonds is 8. The first-order valence-electron chi connectivity index (χ1n) is 8.02. The molecule has 0 N–H and O–H groups in total. The van der Waals surface area contributed by atoms with Crippen molar-refractivity contribution in [3.63, 3.8) is 0 Å². The molecular formula is C18H24ClN3. The maximum Gasteiger partial charge on any atom is 0.159 e. The van der Waals surface area contributed by atoms with E-state index in [1.54, 1.807) is 0 Å². The molecule has 0 atom stereocenters. The van der Waals surface area contributed by atoms with Crippen molar-refractivity contribution in [2.75, 3.05) is 19.6 Å². The molecule has 0 spiro atoms. The van der Waals surface area contributed by atoms with Gasteiger partial charge in [-0.25, -0.2) is 9.97 Å². The standard InChI is InChI=1S/C18H24ClN3/c1-3-22(4-2)12-6-5-7-15-13-20-18(21-14-15)16-8-10-17(19)11-9-16/h8-11,13-14H,3-7,12H2,1-2H3. The van der Waals surface area contributed by atoms with Gasteiger partial charge in [0, 0.05) is 23.0 Å². The van der Waals surface area contributed by atoms with Crippen LogP contribution >= 0.6 is 11.6 Å². The van der Waals surface area contributed by atoms with E-state index in [0.717, 1.165) is 35.9 Å². The molecule has 0 aliphatic rings. The summed E-state index contributed by atoms with van der Waals surface area (Å²) < 4.78 is 0. The Labute approximate surface area is 138 Å². The van der Waals surface area contributed by atoms with Gasteiger partial charge in [0.25, 0.3) is 0 Å². The Morgan fingerprint density at radius 1 is 0.955 bits per heavy atom. The van der Waals surface area contributed by atoms with Crippen LogP contribution in [0.15, 0.2) is 36.7 Å². The van der Waals surface area contributed by atoms with Crippen molar-refractivity contribution < 1.29 is 0 Å². The van der Waals surface area contributed by atoms with Crippen molar-refractivity contribution in [3.05, 3.63) is 47.2 Å². The van der Waals surface area contributed by atoms with Crippen LogP contribution in [0, 0.1) is 0 Å². The van der Waals surface area contributed by atoms with Crippen LogP contribution in [0.1, 0.15) is 32.3 Å². The zero-order valence-corrected chi connectivity index (χ0v) is 14.2. The number of hydrogen-bond acceptors (Lipinski definition) is 3. The molecule has 2 aromatic rings. The lowest BCUT2D eigenvalue weighted by atomic mass is 10.1. The minimum Gasteiger partial charge on any atom is -0.304 e. The molecule has 2 rings (SSSR count). The Hall–Kier alpha value is -1.45. The van der Waals surface area contributed by atoms with Gasteiger partial charge >= 0.3 is 0 Å². The van der Waals surface area contributed by atoms with Crippen LogP contribution in [0.25, 0.3) is 11.4 Å². The molecule has 118 valence electrons. The van der Waals surface area contributed by atoms with E-state index in [1.807, 2.05) is 36.7 Å². The predicted molar refractivity (Wildman–Crippen MR) is 93.2 cm³/mol. The van der Waals surface area contributed by atoms with E-state index in [0.29, 0.717) is 0 Å². The molecule has 0 aliphatic heterocycles. The Balaban J connectivity index is 1.83. The second kappa shape index (κ2) is 8.86. The highest BCUT2D eigenvalue weighted by molar-refractivity contribution is 6.30. The molecule has 1 aromatic heterocycles. The Morgan fingerprint density at radius 2 is 1.59 bits per heavy atom. The van der Waals surface area contributed by atoms with Crippen molar-refractivity contribution in [1.29, 1.82) is 0 Å². The van der Waals surface area contributed by atoms with Gasteiger partial charge in [-0.1, -0.05) is 25.4 Å². The lowest BCUT2D eigenvalue weighted by Crippen LogP contribution is -2.23. The molecule has 1 heterocycles. The average molecular weight is 318 g/mol. The molecule has 0 unspecified atom stereocenters. The summed E-state index contributed by atoms with van der Waals surface area (Å²) >= 11 is 5.89. The van der Waals surface area contributed by atoms with E-state index in [4.69, 9.17) is 11.6 Å². The highest BCUT2D eigenvalue weighted by atomic mass is 35.5. The summed E-state index contributed by atoms with van der Waals surface area (Å²) in [4.78, 5) is 11.4. The maximum absolute atomic E-state index is 5.89. The summed E-state index contributed by atoms with van der Waals surface area (Å²) in [6.07, 6.45) is 7.33. The summed E-state index contributed by atoms with van der Waals surface area (Å²) in [6.45, 7) is 7.88. The van der Waals surface area contributed by atoms with E-state index in [9.17, 15) is 0 Å². The number of aromatic nitrogens is 2. The third-order valence-corrected chi connectivity index (χ3v) is 4.14. The van der Waals surface area contributed by atoms with Crippen LogP contribution in [-0.4, -0.2) is 34.5 Å². The summed E-state index contributed by atoms with van der Waals surface area (Å²) in [5.41, 5.74) is 2.20. The summed E-state index contributed by atoms with van der Waals surface area (Å²) in [6, 6.07) is 7.62. The third kappa shape index (κ3) is 5.08. The molecule has 0 radical (unpaired) electrons. The number of halogens is 1. The molecule has 0 aliphatic carbocycles. The van der Waals surface area contributed by atoms with Crippen LogP contribution < -0.4 is 0 Å². The molecule has 1 aromatic carbocycles. The van der Waals surface area contributed by atoms with Gasteiger partial charge in [0.05, 0.1) is 0 Å². The van der Waals surface area contributed by atoms with Crippen molar-refractivity contribution >= 4 is 11.6 Å². The minimum absolute atomic E-state index is 0.730. The highest BCUT2D eigenvalue weighted by Gasteiger charge is 2.03. The third-order valence-electron chi connectivity index (χ3n) is 3.89. The number of hydrogen-bond donors (Lipinski definition) is 0. The quantitative estimate of drug-likeness (QED) is 0.673. The maximum atomic E-state index is 5.89. The van der Waals surface area contributed by atoms with Gasteiger partial charge in [-0.3, -0.25) is 0 Å². The normalized spacial score (nSPS) is 11.1. The number of aryl methyl sites for hydroxylation is 1. The van der Waals surface area contributed by atoms with Crippen molar-refractivity contribution in [2.24, 2.45) is 0 Å². The van der Waals surface area contributed by atoms with Crippen LogP contribution in [0.2, 0.25) is 5.02 Å². The van der Waals surface area contributed by atoms with Gasteiger partial charge in [-0.15, -0.1) is 0 Å². The van der Waals surface area contributed by atoms with Gasteiger partial charge in [0.15, 0.2) is 5.82 Å². The van der Waals surface area contributed by atoms with Crippen LogP contribution in [0.4, 0.5) is 0 Å². The predicted octanol–water partition coefficient (Wildman–Crippen LogP) is 4.46. The van der Waals surface area contributed by atoms with Gasteiger partial charge in [0.2, 0.25) is 0 Å². The van der Waals surface area contributed by atoms with Crippen molar-refractivity contribution in [2.45, 2.75) is 33.1 Å². The van der Waals surface area contributed by atoms with Crippen LogP contribution in [0.3, 0.4) is 0 Å². The zero-order chi connectivity index (χ0) is 15.8. The van der Waals surface area contributed by atoms with Gasteiger partial charge < -0.3 is 4.90 Å². The smallest absolute Gasteiger partial charge is 0.159 e. The van der Waals surface area contributed by atoms with E-state index in [1.165, 1.54) is 24.9 Å². The summed E-state index contributed by atoms with van der Waals surface area (Å²) in [5.74, 6) is 0.753. The summed E-state index contributed by atoms with van der Waals surface area (Å²) in [5, 5.41) is 0.730. The SMILES string of the molecule is CCN(CC)CCCCc1cnc(-c2ccc(Cl)cc2)nc1. The monoisotopic (exact) mass is 317 g/mol. The molecule has 0 bridgehead atoms. The van der Waals surface area contributed by atoms with Gasteiger partial charge in [0.1, 0.15) is 0 Å². The fraction of sp³-hybridized carbons (Fsp3) is 0.444. The lowest BCUT2D eigenvalue weighted by Gasteiger charge is -2.17. The van der Waals surface area contributed by atoms with Crippen molar-refractivity contribution in [3.8, 4) is 11.4 Å². The molecule has 0 fully saturated rings. The minimum atomic E-state index is 0.730. The fourth-order valence-electron chi connectivity index (χ4n) is 2.44.